The van der Waals surface area contributed by atoms with Crippen molar-refractivity contribution in [2.24, 2.45) is 0 Å². The Labute approximate surface area is 60.6 Å². The van der Waals surface area contributed by atoms with Gasteiger partial charge in [0.2, 0.25) is 0 Å². The molecule has 0 aliphatic heterocycles. The molecule has 0 N–H and O–H groups in total. The quantitative estimate of drug-likeness (QED) is 0.505. The second-order valence-corrected chi connectivity index (χ2v) is 3.07. The molecular weight excluding hydrogens is 144 g/mol. The first-order chi connectivity index (χ1) is 3.15. The molecule has 0 bridgehead atoms. The van der Waals surface area contributed by atoms with E-state index in [4.69, 9.17) is 0 Å². The fourth-order valence-corrected chi connectivity index (χ4v) is 0. The van der Waals surface area contributed by atoms with E-state index in [9.17, 15) is 0 Å². The molecule has 0 unspecified atom stereocenters. The van der Waals surface area contributed by atoms with E-state index in [1.807, 2.05) is 12.5 Å². The van der Waals surface area contributed by atoms with Crippen LogP contribution in [0.25, 0.3) is 0 Å². The van der Waals surface area contributed by atoms with Crippen molar-refractivity contribution in [3.05, 3.63) is 10.8 Å². The highest BCUT2D eigenvalue weighted by Crippen LogP contribution is 1.96. The molecule has 0 aliphatic carbocycles. The van der Waals surface area contributed by atoms with Crippen LogP contribution in [0.2, 0.25) is 0 Å². The van der Waals surface area contributed by atoms with Gasteiger partial charge in [-0.3, -0.25) is 0 Å². The first-order valence-corrected chi connectivity index (χ1v) is 4.14. The van der Waals surface area contributed by atoms with Crippen molar-refractivity contribution in [2.75, 3.05) is 12.5 Å². The molecule has 44 valence electrons. The minimum Gasteiger partial charge on any atom is -0.169 e. The van der Waals surface area contributed by atoms with E-state index in [-0.39, 0.29) is 0 Å². The Morgan fingerprint density at radius 1 is 1.43 bits per heavy atom. The number of hydrogen-bond acceptors (Lipinski definition) is 3. The van der Waals surface area contributed by atoms with Crippen LogP contribution >= 0.6 is 37.0 Å². The summed E-state index contributed by atoms with van der Waals surface area (Å²) in [5.74, 6) is 0. The van der Waals surface area contributed by atoms with Crippen LogP contribution < -0.4 is 0 Å². The topological polar surface area (TPSA) is 0 Å². The summed E-state index contributed by atoms with van der Waals surface area (Å²) >= 11 is 9.02. The van der Waals surface area contributed by atoms with Crippen molar-refractivity contribution in [1.82, 2.24) is 0 Å². The average Bonchev–Trinajstić information content (AvgIpc) is 1.33. The first-order valence-electron chi connectivity index (χ1n) is 1.62. The molecule has 0 radical (unpaired) electrons. The normalized spacial score (nSPS) is 6.29. The zero-order valence-electron chi connectivity index (χ0n) is 4.51. The van der Waals surface area contributed by atoms with E-state index in [1.54, 1.807) is 11.8 Å². The second kappa shape index (κ2) is 9.92. The van der Waals surface area contributed by atoms with E-state index >= 15 is 0 Å². The lowest BCUT2D eigenvalue weighted by atomic mass is 11.3. The van der Waals surface area contributed by atoms with E-state index in [1.165, 1.54) is 0 Å². The summed E-state index contributed by atoms with van der Waals surface area (Å²) in [4.78, 5) is 0. The Morgan fingerprint density at radius 3 is 1.43 bits per heavy atom. The van der Waals surface area contributed by atoms with Gasteiger partial charge in [0.1, 0.15) is 0 Å². The Balaban J connectivity index is 0. The summed E-state index contributed by atoms with van der Waals surface area (Å²) in [6.07, 6.45) is 4.08. The van der Waals surface area contributed by atoms with Gasteiger partial charge in [0, 0.05) is 4.24 Å². The van der Waals surface area contributed by atoms with Gasteiger partial charge < -0.3 is 0 Å². The van der Waals surface area contributed by atoms with Crippen LogP contribution in [0.15, 0.2) is 10.8 Å². The molecule has 3 heteroatoms. The van der Waals surface area contributed by atoms with E-state index in [2.05, 4.69) is 31.8 Å². The molecule has 7 heavy (non-hydrogen) atoms. The molecule has 0 atom stereocenters. The standard InChI is InChI=1S/C2H4S2.C2H6S/c1-2(3)4;1-3-2/h3-4H,1H2;1-2H3. The van der Waals surface area contributed by atoms with Gasteiger partial charge in [-0.2, -0.15) is 11.8 Å². The first kappa shape index (κ1) is 10.7. The minimum absolute atomic E-state index is 0.556. The van der Waals surface area contributed by atoms with Crippen molar-refractivity contribution >= 4 is 37.0 Å². The van der Waals surface area contributed by atoms with Gasteiger partial charge in [0.15, 0.2) is 0 Å². The maximum absolute atomic E-state index is 3.64. The van der Waals surface area contributed by atoms with Crippen LogP contribution in [-0.4, -0.2) is 12.5 Å². The smallest absolute Gasteiger partial charge is 0.0267 e. The third kappa shape index (κ3) is 250. The monoisotopic (exact) mass is 154 g/mol. The largest absolute Gasteiger partial charge is 0.169 e. The summed E-state index contributed by atoms with van der Waals surface area (Å²) in [6, 6.07) is 0. The number of rotatable bonds is 0. The van der Waals surface area contributed by atoms with Crippen LogP contribution in [0, 0.1) is 0 Å². The number of hydrogen-bond donors (Lipinski definition) is 2. The summed E-state index contributed by atoms with van der Waals surface area (Å²) in [7, 11) is 0. The van der Waals surface area contributed by atoms with Crippen molar-refractivity contribution in [3.8, 4) is 0 Å². The summed E-state index contributed by atoms with van der Waals surface area (Å²) < 4.78 is 0.556. The summed E-state index contributed by atoms with van der Waals surface area (Å²) in [5, 5.41) is 0. The van der Waals surface area contributed by atoms with Crippen LogP contribution in [0.4, 0.5) is 0 Å². The molecule has 0 aliphatic rings. The minimum atomic E-state index is 0.556. The van der Waals surface area contributed by atoms with Crippen molar-refractivity contribution in [1.29, 1.82) is 0 Å². The summed E-state index contributed by atoms with van der Waals surface area (Å²) in [5.41, 5.74) is 0. The molecule has 0 fully saturated rings. The lowest BCUT2D eigenvalue weighted by molar-refractivity contribution is 2.37. The van der Waals surface area contributed by atoms with Gasteiger partial charge >= 0.3 is 0 Å². The van der Waals surface area contributed by atoms with E-state index < -0.39 is 0 Å². The van der Waals surface area contributed by atoms with E-state index in [0.29, 0.717) is 4.24 Å². The fourth-order valence-electron chi connectivity index (χ4n) is 0. The molecular formula is C4H10S3. The van der Waals surface area contributed by atoms with Gasteiger partial charge in [-0.1, -0.05) is 6.58 Å². The van der Waals surface area contributed by atoms with Gasteiger partial charge in [-0.25, -0.2) is 0 Å². The van der Waals surface area contributed by atoms with Crippen molar-refractivity contribution in [2.45, 2.75) is 0 Å². The molecule has 0 aromatic rings. The molecule has 0 saturated carbocycles. The average molecular weight is 154 g/mol. The van der Waals surface area contributed by atoms with Gasteiger partial charge in [-0.15, -0.1) is 25.3 Å². The van der Waals surface area contributed by atoms with Crippen LogP contribution in [0.1, 0.15) is 0 Å². The molecule has 0 nitrogen and oxygen atoms in total. The van der Waals surface area contributed by atoms with Crippen LogP contribution in [0.3, 0.4) is 0 Å². The molecule has 0 amide bonds. The van der Waals surface area contributed by atoms with Crippen LogP contribution in [-0.2, 0) is 0 Å². The molecule has 0 spiro atoms. The Bertz CT molecular complexity index is 38.2. The Morgan fingerprint density at radius 2 is 1.43 bits per heavy atom. The maximum atomic E-state index is 3.64. The van der Waals surface area contributed by atoms with Gasteiger partial charge in [0.05, 0.1) is 0 Å². The Hall–Kier alpha value is 0.790. The highest BCUT2D eigenvalue weighted by Gasteiger charge is 1.53. The zero-order valence-corrected chi connectivity index (χ0v) is 7.12. The lowest BCUT2D eigenvalue weighted by Gasteiger charge is -1.63. The highest BCUT2D eigenvalue weighted by molar-refractivity contribution is 8.04. The second-order valence-electron chi connectivity index (χ2n) is 0.824. The van der Waals surface area contributed by atoms with E-state index in [0.717, 1.165) is 0 Å². The third-order valence-electron chi connectivity index (χ3n) is 0. The molecule has 0 aromatic heterocycles. The SMILES string of the molecule is C=C(S)S.CSC. The van der Waals surface area contributed by atoms with Crippen molar-refractivity contribution in [3.63, 3.8) is 0 Å². The predicted octanol–water partition coefficient (Wildman–Crippen LogP) is 2.30. The maximum Gasteiger partial charge on any atom is 0.0267 e. The van der Waals surface area contributed by atoms with Crippen LogP contribution in [0.5, 0.6) is 0 Å². The fraction of sp³-hybridized carbons (Fsp3) is 0.500. The Kier molecular flexibility index (Phi) is 15.2. The lowest BCUT2D eigenvalue weighted by Crippen LogP contribution is -1.25. The predicted molar refractivity (Wildman–Crippen MR) is 46.6 cm³/mol. The number of thioether (sulfide) groups is 1. The molecule has 0 aromatic carbocycles. The summed E-state index contributed by atoms with van der Waals surface area (Å²) in [6.45, 7) is 3.28. The number of thiol groups is 2. The zero-order chi connectivity index (χ0) is 6.28. The highest BCUT2D eigenvalue weighted by atomic mass is 32.2. The third-order valence-corrected chi connectivity index (χ3v) is 0. The molecule has 0 saturated heterocycles. The van der Waals surface area contributed by atoms with Gasteiger partial charge in [-0.05, 0) is 12.5 Å². The molecule has 0 rings (SSSR count). The molecule has 0 heterocycles. The van der Waals surface area contributed by atoms with Gasteiger partial charge in [0.25, 0.3) is 0 Å². The van der Waals surface area contributed by atoms with Crippen molar-refractivity contribution < 1.29 is 0 Å².